The molecule has 0 saturated carbocycles. The Morgan fingerprint density at radius 2 is 1.75 bits per heavy atom. The number of aryl methyl sites for hydroxylation is 1. The Balaban J connectivity index is 1.89. The van der Waals surface area contributed by atoms with E-state index in [1.54, 1.807) is 37.3 Å². The van der Waals surface area contributed by atoms with Gasteiger partial charge in [-0.2, -0.15) is 0 Å². The van der Waals surface area contributed by atoms with Gasteiger partial charge in [-0.3, -0.25) is 14.9 Å². The summed E-state index contributed by atoms with van der Waals surface area (Å²) in [4.78, 5) is 22.2. The largest absolute Gasteiger partial charge is 0.494 e. The molecule has 7 heteroatoms. The van der Waals surface area contributed by atoms with Gasteiger partial charge in [-0.25, -0.2) is 0 Å². The van der Waals surface area contributed by atoms with E-state index in [2.05, 4.69) is 5.32 Å². The van der Waals surface area contributed by atoms with Crippen molar-refractivity contribution < 1.29 is 19.2 Å². The Labute approximate surface area is 139 Å². The molecule has 0 aliphatic carbocycles. The monoisotopic (exact) mass is 330 g/mol. The molecule has 0 bridgehead atoms. The number of anilines is 1. The van der Waals surface area contributed by atoms with Gasteiger partial charge in [-0.15, -0.1) is 0 Å². The Morgan fingerprint density at radius 1 is 1.12 bits per heavy atom. The summed E-state index contributed by atoms with van der Waals surface area (Å²) >= 11 is 0. The zero-order chi connectivity index (χ0) is 17.5. The molecule has 0 unspecified atom stereocenters. The maximum atomic E-state index is 11.9. The first kappa shape index (κ1) is 17.3. The molecule has 0 aliphatic rings. The first-order valence-corrected chi connectivity index (χ1v) is 7.40. The number of ether oxygens (including phenoxy) is 2. The van der Waals surface area contributed by atoms with Gasteiger partial charge in [-0.1, -0.05) is 0 Å². The molecule has 0 atom stereocenters. The number of carbonyl (C=O) groups is 1. The van der Waals surface area contributed by atoms with E-state index in [-0.39, 0.29) is 18.2 Å². The highest BCUT2D eigenvalue weighted by Crippen LogP contribution is 2.21. The molecule has 0 aliphatic heterocycles. The van der Waals surface area contributed by atoms with Gasteiger partial charge in [0.1, 0.15) is 11.5 Å². The molecule has 2 aromatic carbocycles. The third kappa shape index (κ3) is 4.70. The second kappa shape index (κ2) is 7.96. The number of nitro groups is 1. The zero-order valence-corrected chi connectivity index (χ0v) is 13.4. The van der Waals surface area contributed by atoms with Gasteiger partial charge in [-0.05, 0) is 50.2 Å². The Bertz CT molecular complexity index is 728. The number of nitrogens with one attached hydrogen (secondary N) is 1. The van der Waals surface area contributed by atoms with Gasteiger partial charge in [0.25, 0.3) is 11.6 Å². The third-order valence-corrected chi connectivity index (χ3v) is 3.18. The van der Waals surface area contributed by atoms with Gasteiger partial charge in [0.2, 0.25) is 0 Å². The average Bonchev–Trinajstić information content (AvgIpc) is 2.54. The Kier molecular flexibility index (Phi) is 5.73. The van der Waals surface area contributed by atoms with Crippen LogP contribution >= 0.6 is 0 Å². The lowest BCUT2D eigenvalue weighted by molar-refractivity contribution is -0.385. The van der Waals surface area contributed by atoms with Crippen molar-refractivity contribution in [3.8, 4) is 11.5 Å². The Hall–Kier alpha value is -3.09. The third-order valence-electron chi connectivity index (χ3n) is 3.18. The van der Waals surface area contributed by atoms with Gasteiger partial charge < -0.3 is 14.8 Å². The second-order valence-corrected chi connectivity index (χ2v) is 5.00. The second-order valence-electron chi connectivity index (χ2n) is 5.00. The number of benzene rings is 2. The van der Waals surface area contributed by atoms with E-state index in [0.717, 1.165) is 5.75 Å². The fourth-order valence-electron chi connectivity index (χ4n) is 2.08. The minimum atomic E-state index is -0.462. The number of hydrogen-bond acceptors (Lipinski definition) is 5. The van der Waals surface area contributed by atoms with Crippen molar-refractivity contribution in [2.24, 2.45) is 0 Å². The summed E-state index contributed by atoms with van der Waals surface area (Å²) in [6, 6.07) is 11.3. The highest BCUT2D eigenvalue weighted by atomic mass is 16.6. The lowest BCUT2D eigenvalue weighted by Crippen LogP contribution is -2.20. The number of amides is 1. The molecule has 0 heterocycles. The smallest absolute Gasteiger partial charge is 0.272 e. The molecule has 0 spiro atoms. The fourth-order valence-corrected chi connectivity index (χ4v) is 2.08. The molecule has 2 aromatic rings. The number of carbonyl (C=O) groups excluding carboxylic acids is 1. The lowest BCUT2D eigenvalue weighted by Gasteiger charge is -2.09. The molecular weight excluding hydrogens is 312 g/mol. The van der Waals surface area contributed by atoms with Crippen LogP contribution in [0.3, 0.4) is 0 Å². The van der Waals surface area contributed by atoms with Crippen LogP contribution in [0.5, 0.6) is 11.5 Å². The van der Waals surface area contributed by atoms with Crippen LogP contribution in [0.25, 0.3) is 0 Å². The zero-order valence-electron chi connectivity index (χ0n) is 13.4. The van der Waals surface area contributed by atoms with Crippen LogP contribution in [-0.2, 0) is 4.79 Å². The summed E-state index contributed by atoms with van der Waals surface area (Å²) in [5.41, 5.74) is 0.974. The summed E-state index contributed by atoms with van der Waals surface area (Å²) in [6.07, 6.45) is 0. The van der Waals surface area contributed by atoms with Crippen molar-refractivity contribution in [1.29, 1.82) is 0 Å². The van der Waals surface area contributed by atoms with Crippen LogP contribution in [-0.4, -0.2) is 24.0 Å². The van der Waals surface area contributed by atoms with Crippen LogP contribution in [0.4, 0.5) is 11.4 Å². The summed E-state index contributed by atoms with van der Waals surface area (Å²) in [5.74, 6) is 0.932. The van der Waals surface area contributed by atoms with Gasteiger partial charge >= 0.3 is 0 Å². The highest BCUT2D eigenvalue weighted by Gasteiger charge is 2.11. The highest BCUT2D eigenvalue weighted by molar-refractivity contribution is 5.92. The minimum absolute atomic E-state index is 0.0126. The van der Waals surface area contributed by atoms with Crippen LogP contribution in [0.1, 0.15) is 12.5 Å². The first-order chi connectivity index (χ1) is 11.5. The van der Waals surface area contributed by atoms with Crippen molar-refractivity contribution >= 4 is 17.3 Å². The maximum absolute atomic E-state index is 11.9. The van der Waals surface area contributed by atoms with Crippen molar-refractivity contribution in [3.63, 3.8) is 0 Å². The molecule has 126 valence electrons. The van der Waals surface area contributed by atoms with E-state index in [4.69, 9.17) is 9.47 Å². The molecule has 2 rings (SSSR count). The molecule has 7 nitrogen and oxygen atoms in total. The van der Waals surface area contributed by atoms with Crippen molar-refractivity contribution in [2.45, 2.75) is 13.8 Å². The fraction of sp³-hybridized carbons (Fsp3) is 0.235. The predicted molar refractivity (Wildman–Crippen MR) is 89.6 cm³/mol. The number of nitro benzene ring substituents is 1. The van der Waals surface area contributed by atoms with E-state index >= 15 is 0 Å². The van der Waals surface area contributed by atoms with Crippen molar-refractivity contribution in [3.05, 3.63) is 58.1 Å². The van der Waals surface area contributed by atoms with E-state index in [1.807, 2.05) is 6.92 Å². The summed E-state index contributed by atoms with van der Waals surface area (Å²) in [6.45, 7) is 3.93. The van der Waals surface area contributed by atoms with E-state index in [0.29, 0.717) is 23.6 Å². The van der Waals surface area contributed by atoms with Crippen LogP contribution in [0.2, 0.25) is 0 Å². The van der Waals surface area contributed by atoms with Gasteiger partial charge in [0, 0.05) is 17.3 Å². The summed E-state index contributed by atoms with van der Waals surface area (Å²) in [7, 11) is 0. The van der Waals surface area contributed by atoms with Crippen molar-refractivity contribution in [1.82, 2.24) is 0 Å². The number of hydrogen-bond donors (Lipinski definition) is 1. The van der Waals surface area contributed by atoms with Crippen LogP contribution in [0, 0.1) is 17.0 Å². The molecule has 24 heavy (non-hydrogen) atoms. The number of nitrogens with zero attached hydrogens (tertiary/aromatic N) is 1. The van der Waals surface area contributed by atoms with Crippen molar-refractivity contribution in [2.75, 3.05) is 18.5 Å². The SMILES string of the molecule is CCOc1ccc(OCC(=O)Nc2ccc([N+](=O)[O-])c(C)c2)cc1. The first-order valence-electron chi connectivity index (χ1n) is 7.40. The molecule has 1 N–H and O–H groups in total. The number of rotatable bonds is 7. The predicted octanol–water partition coefficient (Wildman–Crippen LogP) is 3.32. The average molecular weight is 330 g/mol. The molecule has 0 radical (unpaired) electrons. The molecular formula is C17H18N2O5. The van der Waals surface area contributed by atoms with Gasteiger partial charge in [0.05, 0.1) is 11.5 Å². The quantitative estimate of drug-likeness (QED) is 0.621. The van der Waals surface area contributed by atoms with E-state index < -0.39 is 4.92 Å². The molecule has 0 aromatic heterocycles. The molecule has 1 amide bonds. The Morgan fingerprint density at radius 3 is 2.29 bits per heavy atom. The summed E-state index contributed by atoms with van der Waals surface area (Å²) in [5, 5.41) is 13.4. The van der Waals surface area contributed by atoms with Gasteiger partial charge in [0.15, 0.2) is 6.61 Å². The van der Waals surface area contributed by atoms with E-state index in [1.165, 1.54) is 12.1 Å². The maximum Gasteiger partial charge on any atom is 0.272 e. The van der Waals surface area contributed by atoms with Crippen LogP contribution in [0.15, 0.2) is 42.5 Å². The standard InChI is InChI=1S/C17H18N2O5/c1-3-23-14-5-7-15(8-6-14)24-11-17(20)18-13-4-9-16(19(21)22)12(2)10-13/h4-10H,3,11H2,1-2H3,(H,18,20). The normalized spacial score (nSPS) is 10.1. The molecule has 0 fully saturated rings. The molecule has 0 saturated heterocycles. The minimum Gasteiger partial charge on any atom is -0.494 e. The lowest BCUT2D eigenvalue weighted by atomic mass is 10.2. The summed E-state index contributed by atoms with van der Waals surface area (Å²) < 4.78 is 10.7. The van der Waals surface area contributed by atoms with Crippen LogP contribution < -0.4 is 14.8 Å². The topological polar surface area (TPSA) is 90.7 Å². The van der Waals surface area contributed by atoms with E-state index in [9.17, 15) is 14.9 Å².